The number of aromatic hydroxyl groups is 1. The first-order valence-electron chi connectivity index (χ1n) is 8.63. The van der Waals surface area contributed by atoms with E-state index in [0.717, 1.165) is 23.1 Å². The van der Waals surface area contributed by atoms with Crippen LogP contribution in [0.2, 0.25) is 0 Å². The second kappa shape index (κ2) is 7.69. The monoisotopic (exact) mass is 361 g/mol. The van der Waals surface area contributed by atoms with E-state index >= 15 is 0 Å². The maximum absolute atomic E-state index is 9.36. The standard InChI is InChI=1S/C19H19N7O/c27-15-5-3-13(4-6-15)7-9-21-17-16-18(24-12-23-16)26-19(25-17)22-11-14-2-1-8-20-10-14/h1-6,8,10,12,27H,7,9,11H2,(H3,21,22,23,24,25,26). The minimum absolute atomic E-state index is 0.269. The lowest BCUT2D eigenvalue weighted by atomic mass is 10.1. The summed E-state index contributed by atoms with van der Waals surface area (Å²) in [5, 5.41) is 15.9. The third kappa shape index (κ3) is 4.12. The predicted octanol–water partition coefficient (Wildman–Crippen LogP) is 2.72. The van der Waals surface area contributed by atoms with E-state index in [2.05, 4.69) is 35.6 Å². The van der Waals surface area contributed by atoms with Crippen molar-refractivity contribution in [2.24, 2.45) is 0 Å². The normalized spacial score (nSPS) is 10.8. The van der Waals surface area contributed by atoms with Crippen molar-refractivity contribution < 1.29 is 5.11 Å². The van der Waals surface area contributed by atoms with E-state index in [1.165, 1.54) is 0 Å². The van der Waals surface area contributed by atoms with Crippen molar-refractivity contribution in [3.63, 3.8) is 0 Å². The van der Waals surface area contributed by atoms with Crippen LogP contribution in [0.4, 0.5) is 11.8 Å². The highest BCUT2D eigenvalue weighted by Crippen LogP contribution is 2.19. The average molecular weight is 361 g/mol. The molecule has 1 aromatic carbocycles. The zero-order valence-corrected chi connectivity index (χ0v) is 14.6. The number of nitrogens with zero attached hydrogens (tertiary/aromatic N) is 4. The number of anilines is 2. The fourth-order valence-electron chi connectivity index (χ4n) is 2.71. The van der Waals surface area contributed by atoms with E-state index < -0.39 is 0 Å². The van der Waals surface area contributed by atoms with E-state index in [4.69, 9.17) is 0 Å². The lowest BCUT2D eigenvalue weighted by Gasteiger charge is -2.10. The lowest BCUT2D eigenvalue weighted by molar-refractivity contribution is 0.475. The molecule has 0 unspecified atom stereocenters. The summed E-state index contributed by atoms with van der Waals surface area (Å²) in [6.45, 7) is 1.27. The van der Waals surface area contributed by atoms with E-state index in [1.54, 1.807) is 30.9 Å². The Hall–Kier alpha value is -3.68. The van der Waals surface area contributed by atoms with Crippen LogP contribution >= 0.6 is 0 Å². The highest BCUT2D eigenvalue weighted by Gasteiger charge is 2.10. The summed E-state index contributed by atoms with van der Waals surface area (Å²) >= 11 is 0. The molecule has 8 nitrogen and oxygen atoms in total. The number of hydrogen-bond acceptors (Lipinski definition) is 7. The van der Waals surface area contributed by atoms with Crippen LogP contribution in [0, 0.1) is 0 Å². The van der Waals surface area contributed by atoms with Gasteiger partial charge in [0, 0.05) is 25.5 Å². The van der Waals surface area contributed by atoms with Gasteiger partial charge in [-0.05, 0) is 35.7 Å². The van der Waals surface area contributed by atoms with E-state index in [-0.39, 0.29) is 5.75 Å². The molecule has 0 bridgehead atoms. The minimum atomic E-state index is 0.269. The van der Waals surface area contributed by atoms with Crippen molar-refractivity contribution in [1.29, 1.82) is 0 Å². The van der Waals surface area contributed by atoms with Crippen molar-refractivity contribution in [3.8, 4) is 5.75 Å². The first-order chi connectivity index (χ1) is 13.3. The van der Waals surface area contributed by atoms with Gasteiger partial charge < -0.3 is 20.7 Å². The van der Waals surface area contributed by atoms with Crippen molar-refractivity contribution in [1.82, 2.24) is 24.9 Å². The number of rotatable bonds is 7. The molecule has 27 heavy (non-hydrogen) atoms. The Morgan fingerprint density at radius 3 is 2.70 bits per heavy atom. The third-order valence-corrected chi connectivity index (χ3v) is 4.10. The van der Waals surface area contributed by atoms with Crippen LogP contribution in [0.25, 0.3) is 11.2 Å². The minimum Gasteiger partial charge on any atom is -0.508 e. The number of aromatic amines is 1. The molecule has 136 valence electrons. The second-order valence-electron chi connectivity index (χ2n) is 6.06. The number of hydrogen-bond donors (Lipinski definition) is 4. The number of H-pyrrole nitrogens is 1. The van der Waals surface area contributed by atoms with E-state index in [9.17, 15) is 5.11 Å². The fraction of sp³-hybridized carbons (Fsp3) is 0.158. The molecule has 0 aliphatic carbocycles. The van der Waals surface area contributed by atoms with Crippen molar-refractivity contribution >= 4 is 22.9 Å². The third-order valence-electron chi connectivity index (χ3n) is 4.10. The average Bonchev–Trinajstić information content (AvgIpc) is 3.17. The number of aromatic nitrogens is 5. The number of imidazole rings is 1. The SMILES string of the molecule is Oc1ccc(CCNc2nc(NCc3cccnc3)nc3nc[nH]c23)cc1. The molecule has 0 saturated heterocycles. The second-order valence-corrected chi connectivity index (χ2v) is 6.06. The number of benzene rings is 1. The molecule has 0 aliphatic rings. The fourth-order valence-corrected chi connectivity index (χ4v) is 2.71. The van der Waals surface area contributed by atoms with Crippen LogP contribution in [0.5, 0.6) is 5.75 Å². The molecule has 0 spiro atoms. The topological polar surface area (TPSA) is 112 Å². The van der Waals surface area contributed by atoms with Crippen LogP contribution in [-0.2, 0) is 13.0 Å². The molecular formula is C19H19N7O. The predicted molar refractivity (Wildman–Crippen MR) is 104 cm³/mol. The van der Waals surface area contributed by atoms with Crippen LogP contribution in [-0.4, -0.2) is 36.6 Å². The summed E-state index contributed by atoms with van der Waals surface area (Å²) in [6, 6.07) is 11.1. The number of nitrogens with one attached hydrogen (secondary N) is 3. The summed E-state index contributed by atoms with van der Waals surface area (Å²) in [5.74, 6) is 1.47. The molecule has 8 heteroatoms. The summed E-state index contributed by atoms with van der Waals surface area (Å²) in [7, 11) is 0. The van der Waals surface area contributed by atoms with Crippen LogP contribution in [0.3, 0.4) is 0 Å². The van der Waals surface area contributed by atoms with Gasteiger partial charge in [-0.15, -0.1) is 0 Å². The van der Waals surface area contributed by atoms with Crippen LogP contribution in [0.1, 0.15) is 11.1 Å². The molecule has 0 saturated carbocycles. The number of pyridine rings is 1. The van der Waals surface area contributed by atoms with Crippen molar-refractivity contribution in [3.05, 3.63) is 66.2 Å². The van der Waals surface area contributed by atoms with Crippen LogP contribution in [0.15, 0.2) is 55.1 Å². The maximum atomic E-state index is 9.36. The summed E-state index contributed by atoms with van der Waals surface area (Å²) in [6.07, 6.45) is 5.95. The van der Waals surface area contributed by atoms with Crippen molar-refractivity contribution in [2.75, 3.05) is 17.2 Å². The Kier molecular flexibility index (Phi) is 4.78. The first kappa shape index (κ1) is 16.8. The molecule has 0 fully saturated rings. The molecule has 4 N–H and O–H groups in total. The molecule has 0 aliphatic heterocycles. The molecule has 0 radical (unpaired) electrons. The lowest BCUT2D eigenvalue weighted by Crippen LogP contribution is -2.10. The first-order valence-corrected chi connectivity index (χ1v) is 8.63. The Labute approximate surface area is 155 Å². The quantitative estimate of drug-likeness (QED) is 0.400. The summed E-state index contributed by atoms with van der Waals surface area (Å²) in [4.78, 5) is 20.4. The molecule has 0 atom stereocenters. The van der Waals surface area contributed by atoms with Gasteiger partial charge in [0.2, 0.25) is 5.95 Å². The van der Waals surface area contributed by atoms with E-state index in [1.807, 2.05) is 24.3 Å². The van der Waals surface area contributed by atoms with Gasteiger partial charge in [-0.1, -0.05) is 18.2 Å². The maximum Gasteiger partial charge on any atom is 0.227 e. The van der Waals surface area contributed by atoms with Crippen LogP contribution < -0.4 is 10.6 Å². The molecular weight excluding hydrogens is 342 g/mol. The Balaban J connectivity index is 1.46. The molecule has 0 amide bonds. The zero-order chi connectivity index (χ0) is 18.5. The Morgan fingerprint density at radius 2 is 1.89 bits per heavy atom. The van der Waals surface area contributed by atoms with Gasteiger partial charge in [-0.25, -0.2) is 4.98 Å². The Morgan fingerprint density at radius 1 is 1.00 bits per heavy atom. The van der Waals surface area contributed by atoms with Gasteiger partial charge in [-0.2, -0.15) is 9.97 Å². The smallest absolute Gasteiger partial charge is 0.227 e. The highest BCUT2D eigenvalue weighted by atomic mass is 16.3. The van der Waals surface area contributed by atoms with Gasteiger partial charge >= 0.3 is 0 Å². The largest absolute Gasteiger partial charge is 0.508 e. The number of fused-ring (bicyclic) bond motifs is 1. The highest BCUT2D eigenvalue weighted by molar-refractivity contribution is 5.83. The Bertz CT molecular complexity index is 1020. The van der Waals surface area contributed by atoms with Gasteiger partial charge in [0.05, 0.1) is 6.33 Å². The van der Waals surface area contributed by atoms with E-state index in [0.29, 0.717) is 30.5 Å². The van der Waals surface area contributed by atoms with Crippen molar-refractivity contribution in [2.45, 2.75) is 13.0 Å². The zero-order valence-electron chi connectivity index (χ0n) is 14.6. The van der Waals surface area contributed by atoms with Gasteiger partial charge in [0.15, 0.2) is 11.5 Å². The molecule has 3 heterocycles. The van der Waals surface area contributed by atoms with Gasteiger partial charge in [0.25, 0.3) is 0 Å². The van der Waals surface area contributed by atoms with Gasteiger partial charge in [0.1, 0.15) is 11.3 Å². The molecule has 4 rings (SSSR count). The molecule has 4 aromatic rings. The van der Waals surface area contributed by atoms with Gasteiger partial charge in [-0.3, -0.25) is 4.98 Å². The molecule has 3 aromatic heterocycles. The number of phenolic OH excluding ortho intramolecular Hbond substituents is 1. The number of phenols is 1. The summed E-state index contributed by atoms with van der Waals surface area (Å²) in [5.41, 5.74) is 3.55. The summed E-state index contributed by atoms with van der Waals surface area (Å²) < 4.78 is 0.